The van der Waals surface area contributed by atoms with Crippen molar-refractivity contribution in [3.05, 3.63) is 28.2 Å². The van der Waals surface area contributed by atoms with Gasteiger partial charge in [-0.1, -0.05) is 68.7 Å². The van der Waals surface area contributed by atoms with Crippen molar-refractivity contribution >= 4 is 23.2 Å². The van der Waals surface area contributed by atoms with Crippen LogP contribution in [0.25, 0.3) is 0 Å². The summed E-state index contributed by atoms with van der Waals surface area (Å²) in [6.45, 7) is 4.38. The highest BCUT2D eigenvalue weighted by molar-refractivity contribution is 6.42. The molecule has 4 atom stereocenters. The maximum absolute atomic E-state index is 6.34. The van der Waals surface area contributed by atoms with Gasteiger partial charge in [0, 0.05) is 24.1 Å². The van der Waals surface area contributed by atoms with Crippen LogP contribution in [0.4, 0.5) is 0 Å². The Balaban J connectivity index is 1.51. The van der Waals surface area contributed by atoms with Crippen molar-refractivity contribution in [2.75, 3.05) is 13.2 Å². The topological polar surface area (TPSA) is 12.5 Å². The minimum Gasteiger partial charge on any atom is -0.493 e. The molecule has 0 amide bonds. The second kappa shape index (κ2) is 9.58. The van der Waals surface area contributed by atoms with E-state index in [1.54, 1.807) is 0 Å². The maximum atomic E-state index is 6.34. The zero-order chi connectivity index (χ0) is 19.5. The zero-order valence-electron chi connectivity index (χ0n) is 17.2. The summed E-state index contributed by atoms with van der Waals surface area (Å²) in [5, 5.41) is 1.17. The van der Waals surface area contributed by atoms with E-state index in [2.05, 4.69) is 11.8 Å². The summed E-state index contributed by atoms with van der Waals surface area (Å²) in [7, 11) is 0. The number of hydrogen-bond acceptors (Lipinski definition) is 2. The van der Waals surface area contributed by atoms with Crippen LogP contribution < -0.4 is 4.74 Å². The molecule has 2 aliphatic heterocycles. The third-order valence-corrected chi connectivity index (χ3v) is 8.34. The smallest absolute Gasteiger partial charge is 0.120 e. The van der Waals surface area contributed by atoms with E-state index in [9.17, 15) is 0 Å². The lowest BCUT2D eigenvalue weighted by Gasteiger charge is -2.47. The van der Waals surface area contributed by atoms with Gasteiger partial charge < -0.3 is 4.74 Å². The van der Waals surface area contributed by atoms with Gasteiger partial charge >= 0.3 is 0 Å². The zero-order valence-corrected chi connectivity index (χ0v) is 18.7. The standard InChI is InChI=1S/C24H35Cl2NO/c1-2-13-27-18-9-12-24(27)21(16-28-19-10-11-22(25)23(26)15-19)20(14-18)17-7-5-3-4-6-8-17/h10-11,15,17-18,20-21,24H,2-9,12-14,16H2,1H3/t18?,20-,21+,24?/m0/s1. The minimum absolute atomic E-state index is 0.580. The molecule has 2 nitrogen and oxygen atoms in total. The summed E-state index contributed by atoms with van der Waals surface area (Å²) < 4.78 is 6.34. The third kappa shape index (κ3) is 4.50. The lowest BCUT2D eigenvalue weighted by molar-refractivity contribution is -0.00584. The first-order chi connectivity index (χ1) is 13.7. The molecular formula is C24H35Cl2NO. The lowest BCUT2D eigenvalue weighted by Crippen LogP contribution is -2.52. The first kappa shape index (κ1) is 20.8. The van der Waals surface area contributed by atoms with Gasteiger partial charge in [0.2, 0.25) is 0 Å². The van der Waals surface area contributed by atoms with Crippen LogP contribution in [0.15, 0.2) is 18.2 Å². The Morgan fingerprint density at radius 3 is 2.50 bits per heavy atom. The monoisotopic (exact) mass is 423 g/mol. The van der Waals surface area contributed by atoms with Crippen LogP contribution >= 0.6 is 23.2 Å². The summed E-state index contributed by atoms with van der Waals surface area (Å²) in [5.41, 5.74) is 0. The molecule has 3 fully saturated rings. The summed E-state index contributed by atoms with van der Waals surface area (Å²) >= 11 is 12.3. The molecule has 2 saturated heterocycles. The quantitative estimate of drug-likeness (QED) is 0.447. The van der Waals surface area contributed by atoms with Gasteiger partial charge in [-0.2, -0.15) is 0 Å². The van der Waals surface area contributed by atoms with Crippen LogP contribution in [-0.2, 0) is 0 Å². The summed E-state index contributed by atoms with van der Waals surface area (Å²) in [4.78, 5) is 2.83. The highest BCUT2D eigenvalue weighted by Gasteiger charge is 2.48. The average molecular weight is 424 g/mol. The molecule has 0 radical (unpaired) electrons. The van der Waals surface area contributed by atoms with Crippen molar-refractivity contribution in [2.24, 2.45) is 17.8 Å². The Morgan fingerprint density at radius 2 is 1.79 bits per heavy atom. The number of nitrogens with zero attached hydrogens (tertiary/aromatic N) is 1. The van der Waals surface area contributed by atoms with Gasteiger partial charge in [0.1, 0.15) is 5.75 Å². The fourth-order valence-electron chi connectivity index (χ4n) is 6.33. The van der Waals surface area contributed by atoms with E-state index in [-0.39, 0.29) is 0 Å². The van der Waals surface area contributed by atoms with Gasteiger partial charge in [0.05, 0.1) is 16.7 Å². The van der Waals surface area contributed by atoms with Crippen LogP contribution in [0.2, 0.25) is 10.0 Å². The van der Waals surface area contributed by atoms with E-state index in [1.165, 1.54) is 70.8 Å². The minimum atomic E-state index is 0.580. The molecule has 2 unspecified atom stereocenters. The molecule has 1 aliphatic carbocycles. The molecule has 1 aromatic rings. The predicted molar refractivity (Wildman–Crippen MR) is 119 cm³/mol. The summed E-state index contributed by atoms with van der Waals surface area (Å²) in [6.07, 6.45) is 14.0. The van der Waals surface area contributed by atoms with Crippen LogP contribution in [0.1, 0.15) is 71.1 Å². The molecule has 1 aromatic carbocycles. The van der Waals surface area contributed by atoms with E-state index < -0.39 is 0 Å². The number of piperidine rings is 1. The molecule has 0 aromatic heterocycles. The molecule has 2 heterocycles. The normalized spacial score (nSPS) is 31.7. The largest absolute Gasteiger partial charge is 0.493 e. The van der Waals surface area contributed by atoms with Crippen LogP contribution in [-0.4, -0.2) is 30.1 Å². The van der Waals surface area contributed by atoms with E-state index in [1.807, 2.05) is 18.2 Å². The number of halogens is 2. The van der Waals surface area contributed by atoms with Gasteiger partial charge in [-0.05, 0) is 56.2 Å². The Labute approximate surface area is 180 Å². The fourth-order valence-corrected chi connectivity index (χ4v) is 6.62. The van der Waals surface area contributed by atoms with E-state index >= 15 is 0 Å². The van der Waals surface area contributed by atoms with Crippen LogP contribution in [0.5, 0.6) is 5.75 Å². The van der Waals surface area contributed by atoms with Gasteiger partial charge in [-0.25, -0.2) is 0 Å². The highest BCUT2D eigenvalue weighted by Crippen LogP contribution is 2.48. The third-order valence-electron chi connectivity index (χ3n) is 7.60. The Hall–Kier alpha value is -0.440. The molecule has 4 rings (SSSR count). The Bertz CT molecular complexity index is 643. The van der Waals surface area contributed by atoms with Crippen LogP contribution in [0.3, 0.4) is 0 Å². The second-order valence-electron chi connectivity index (χ2n) is 9.24. The van der Waals surface area contributed by atoms with Crippen molar-refractivity contribution in [3.63, 3.8) is 0 Å². The second-order valence-corrected chi connectivity index (χ2v) is 10.1. The highest BCUT2D eigenvalue weighted by atomic mass is 35.5. The van der Waals surface area contributed by atoms with Crippen molar-refractivity contribution < 1.29 is 4.74 Å². The molecule has 3 aliphatic rings. The van der Waals surface area contributed by atoms with E-state index in [0.29, 0.717) is 22.0 Å². The van der Waals surface area contributed by atoms with E-state index in [4.69, 9.17) is 27.9 Å². The molecule has 28 heavy (non-hydrogen) atoms. The van der Waals surface area contributed by atoms with Gasteiger partial charge in [0.25, 0.3) is 0 Å². The van der Waals surface area contributed by atoms with Crippen LogP contribution in [0, 0.1) is 17.8 Å². The first-order valence-electron chi connectivity index (χ1n) is 11.5. The SMILES string of the molecule is CCCN1C2CCC1[C@H](COc1ccc(Cl)c(Cl)c1)[C@H](C1CCCCCC1)C2. The fraction of sp³-hybridized carbons (Fsp3) is 0.750. The maximum Gasteiger partial charge on any atom is 0.120 e. The van der Waals surface area contributed by atoms with Crippen molar-refractivity contribution in [2.45, 2.75) is 83.2 Å². The first-order valence-corrected chi connectivity index (χ1v) is 12.3. The Morgan fingerprint density at radius 1 is 1.00 bits per heavy atom. The number of rotatable bonds is 6. The molecule has 2 bridgehead atoms. The average Bonchev–Trinajstić information content (AvgIpc) is 2.88. The van der Waals surface area contributed by atoms with Crippen molar-refractivity contribution in [1.82, 2.24) is 4.90 Å². The lowest BCUT2D eigenvalue weighted by atomic mass is 9.70. The number of benzene rings is 1. The van der Waals surface area contributed by atoms with Gasteiger partial charge in [-0.3, -0.25) is 4.90 Å². The Kier molecular flexibility index (Phi) is 7.12. The molecule has 1 saturated carbocycles. The van der Waals surface area contributed by atoms with Crippen molar-refractivity contribution in [3.8, 4) is 5.75 Å². The summed E-state index contributed by atoms with van der Waals surface area (Å²) in [5.74, 6) is 3.22. The van der Waals surface area contributed by atoms with E-state index in [0.717, 1.165) is 30.2 Å². The molecule has 0 spiro atoms. The molecule has 4 heteroatoms. The van der Waals surface area contributed by atoms with Crippen molar-refractivity contribution in [1.29, 1.82) is 0 Å². The number of fused-ring (bicyclic) bond motifs is 2. The van der Waals surface area contributed by atoms with Gasteiger partial charge in [0.15, 0.2) is 0 Å². The summed E-state index contributed by atoms with van der Waals surface area (Å²) in [6, 6.07) is 7.19. The number of hydrogen-bond donors (Lipinski definition) is 0. The molecule has 156 valence electrons. The van der Waals surface area contributed by atoms with Gasteiger partial charge in [-0.15, -0.1) is 0 Å². The molecule has 0 N–H and O–H groups in total. The molecular weight excluding hydrogens is 389 g/mol. The predicted octanol–water partition coefficient (Wildman–Crippen LogP) is 7.22. The number of ether oxygens (including phenoxy) is 1.